The van der Waals surface area contributed by atoms with Crippen molar-refractivity contribution in [2.45, 2.75) is 25.2 Å². The van der Waals surface area contributed by atoms with Crippen LogP contribution >= 0.6 is 11.6 Å². The number of nitrogens with zero attached hydrogens (tertiary/aromatic N) is 1. The highest BCUT2D eigenvalue weighted by Crippen LogP contribution is 2.20. The molecule has 0 spiro atoms. The van der Waals surface area contributed by atoms with Crippen molar-refractivity contribution < 1.29 is 18.0 Å². The number of hydrogen-bond donors (Lipinski definition) is 1. The van der Waals surface area contributed by atoms with Gasteiger partial charge in [0.1, 0.15) is 5.92 Å². The summed E-state index contributed by atoms with van der Waals surface area (Å²) in [6, 6.07) is 18.7. The molecule has 2 amide bonds. The summed E-state index contributed by atoms with van der Waals surface area (Å²) < 4.78 is 28.0. The fourth-order valence-electron chi connectivity index (χ4n) is 3.50. The van der Waals surface area contributed by atoms with Crippen molar-refractivity contribution in [1.82, 2.24) is 9.62 Å². The first-order valence-corrected chi connectivity index (χ1v) is 12.2. The fraction of sp³-hybridized carbons (Fsp3) is 0.250. The number of hydrogen-bond acceptors (Lipinski definition) is 4. The first-order valence-electron chi connectivity index (χ1n) is 10.3. The number of rotatable bonds is 8. The summed E-state index contributed by atoms with van der Waals surface area (Å²) in [6.45, 7) is 4.45. The monoisotopic (exact) mass is 472 g/mol. The first kappa shape index (κ1) is 23.8. The van der Waals surface area contributed by atoms with Crippen LogP contribution in [0.5, 0.6) is 0 Å². The maximum atomic E-state index is 13.1. The summed E-state index contributed by atoms with van der Waals surface area (Å²) in [6.07, 6.45) is 0.0611. The van der Waals surface area contributed by atoms with Gasteiger partial charge >= 0.3 is 0 Å². The van der Waals surface area contributed by atoms with Crippen molar-refractivity contribution in [3.05, 3.63) is 77.3 Å². The van der Waals surface area contributed by atoms with E-state index in [9.17, 15) is 18.0 Å². The maximum absolute atomic E-state index is 13.1. The number of sulfonamides is 1. The second-order valence-corrected chi connectivity index (χ2v) is 9.49. The van der Waals surface area contributed by atoms with Gasteiger partial charge in [0, 0.05) is 18.1 Å². The van der Waals surface area contributed by atoms with E-state index in [-0.39, 0.29) is 11.3 Å². The summed E-state index contributed by atoms with van der Waals surface area (Å²) in [5.74, 6) is -2.47. The third-order valence-electron chi connectivity index (χ3n) is 5.31. The van der Waals surface area contributed by atoms with Crippen LogP contribution in [0, 0.1) is 5.92 Å². The Kier molecular flexibility index (Phi) is 7.53. The van der Waals surface area contributed by atoms with Crippen LogP contribution in [0.15, 0.2) is 71.6 Å². The van der Waals surface area contributed by atoms with Gasteiger partial charge in [0.2, 0.25) is 11.8 Å². The summed E-state index contributed by atoms with van der Waals surface area (Å²) in [5.41, 5.74) is 0.707. The Balaban J connectivity index is 1.89. The minimum Gasteiger partial charge on any atom is -0.343 e. The van der Waals surface area contributed by atoms with Gasteiger partial charge in [-0.25, -0.2) is 13.1 Å². The van der Waals surface area contributed by atoms with E-state index in [1.807, 2.05) is 32.0 Å². The number of nitrogens with one attached hydrogen (secondary N) is 1. The number of benzene rings is 3. The lowest BCUT2D eigenvalue weighted by Crippen LogP contribution is -2.46. The fourth-order valence-corrected chi connectivity index (χ4v) is 4.68. The van der Waals surface area contributed by atoms with E-state index in [2.05, 4.69) is 4.72 Å². The van der Waals surface area contributed by atoms with Crippen LogP contribution in [0.25, 0.3) is 10.8 Å². The number of carbonyl (C=O) groups excluding carboxylic acids is 2. The predicted molar refractivity (Wildman–Crippen MR) is 126 cm³/mol. The highest BCUT2D eigenvalue weighted by molar-refractivity contribution is 7.90. The Bertz CT molecular complexity index is 1220. The molecular weight excluding hydrogens is 448 g/mol. The molecule has 0 heterocycles. The van der Waals surface area contributed by atoms with Crippen molar-refractivity contribution >= 4 is 44.2 Å². The molecule has 3 aromatic carbocycles. The molecule has 3 rings (SSSR count). The number of carbonyl (C=O) groups is 2. The molecule has 1 atom stereocenters. The lowest BCUT2D eigenvalue weighted by Gasteiger charge is -2.24. The van der Waals surface area contributed by atoms with E-state index in [1.165, 1.54) is 17.0 Å². The zero-order valence-corrected chi connectivity index (χ0v) is 19.5. The summed E-state index contributed by atoms with van der Waals surface area (Å²) in [4.78, 5) is 27.6. The molecule has 6 nitrogen and oxygen atoms in total. The Morgan fingerprint density at radius 3 is 2.19 bits per heavy atom. The standard InChI is InChI=1S/C24H25ClN2O4S/c1-3-27(4-2)24(29)22(15-17-9-12-20(25)13-10-17)23(28)26-32(30,31)21-14-11-18-7-5-6-8-19(18)16-21/h5-14,16,22H,3-4,15H2,1-2H3,(H,26,28). The zero-order chi connectivity index (χ0) is 23.3. The van der Waals surface area contributed by atoms with Gasteiger partial charge in [0.25, 0.3) is 10.0 Å². The van der Waals surface area contributed by atoms with Gasteiger partial charge in [-0.15, -0.1) is 0 Å². The average Bonchev–Trinajstić information content (AvgIpc) is 2.78. The molecule has 32 heavy (non-hydrogen) atoms. The molecule has 1 unspecified atom stereocenters. The molecular formula is C24H25ClN2O4S. The molecule has 0 saturated heterocycles. The number of halogens is 1. The maximum Gasteiger partial charge on any atom is 0.264 e. The van der Waals surface area contributed by atoms with E-state index in [0.29, 0.717) is 23.7 Å². The van der Waals surface area contributed by atoms with Crippen LogP contribution in [0.3, 0.4) is 0 Å². The topological polar surface area (TPSA) is 83.6 Å². The minimum absolute atomic E-state index is 0.0370. The molecule has 0 saturated carbocycles. The molecule has 3 aromatic rings. The van der Waals surface area contributed by atoms with Crippen molar-refractivity contribution in [2.24, 2.45) is 5.92 Å². The normalized spacial score (nSPS) is 12.3. The quantitative estimate of drug-likeness (QED) is 0.502. The molecule has 8 heteroatoms. The number of amides is 2. The van der Waals surface area contributed by atoms with Gasteiger partial charge in [-0.05, 0) is 60.9 Å². The van der Waals surface area contributed by atoms with E-state index < -0.39 is 27.8 Å². The van der Waals surface area contributed by atoms with E-state index in [0.717, 1.165) is 10.8 Å². The highest BCUT2D eigenvalue weighted by Gasteiger charge is 2.33. The third kappa shape index (κ3) is 5.47. The summed E-state index contributed by atoms with van der Waals surface area (Å²) >= 11 is 5.93. The molecule has 0 aliphatic rings. The summed E-state index contributed by atoms with van der Waals surface area (Å²) in [7, 11) is -4.16. The molecule has 0 bridgehead atoms. The van der Waals surface area contributed by atoms with Crippen molar-refractivity contribution in [3.8, 4) is 0 Å². The van der Waals surface area contributed by atoms with Crippen molar-refractivity contribution in [1.29, 1.82) is 0 Å². The van der Waals surface area contributed by atoms with Gasteiger partial charge < -0.3 is 4.90 Å². The van der Waals surface area contributed by atoms with Gasteiger partial charge in [0.05, 0.1) is 4.90 Å². The van der Waals surface area contributed by atoms with Gasteiger partial charge in [0.15, 0.2) is 0 Å². The Labute approximate surface area is 193 Å². The molecule has 0 aliphatic carbocycles. The predicted octanol–water partition coefficient (Wildman–Crippen LogP) is 4.03. The molecule has 0 aliphatic heterocycles. The molecule has 0 fully saturated rings. The average molecular weight is 473 g/mol. The van der Waals surface area contributed by atoms with Crippen LogP contribution in [0.1, 0.15) is 19.4 Å². The van der Waals surface area contributed by atoms with Crippen LogP contribution in [0.4, 0.5) is 0 Å². The minimum atomic E-state index is -4.16. The molecule has 0 radical (unpaired) electrons. The Morgan fingerprint density at radius 2 is 1.56 bits per heavy atom. The highest BCUT2D eigenvalue weighted by atomic mass is 35.5. The van der Waals surface area contributed by atoms with Crippen LogP contribution in [-0.2, 0) is 26.0 Å². The van der Waals surface area contributed by atoms with E-state index >= 15 is 0 Å². The SMILES string of the molecule is CCN(CC)C(=O)C(Cc1ccc(Cl)cc1)C(=O)NS(=O)(=O)c1ccc2ccccc2c1. The van der Waals surface area contributed by atoms with E-state index in [4.69, 9.17) is 11.6 Å². The van der Waals surface area contributed by atoms with Crippen LogP contribution in [-0.4, -0.2) is 38.2 Å². The largest absolute Gasteiger partial charge is 0.343 e. The second kappa shape index (κ2) is 10.1. The lowest BCUT2D eigenvalue weighted by molar-refractivity contribution is -0.141. The van der Waals surface area contributed by atoms with Crippen LogP contribution < -0.4 is 4.72 Å². The van der Waals surface area contributed by atoms with Crippen molar-refractivity contribution in [2.75, 3.05) is 13.1 Å². The van der Waals surface area contributed by atoms with Crippen molar-refractivity contribution in [3.63, 3.8) is 0 Å². The third-order valence-corrected chi connectivity index (χ3v) is 6.91. The smallest absolute Gasteiger partial charge is 0.264 e. The second-order valence-electron chi connectivity index (χ2n) is 7.37. The summed E-state index contributed by atoms with van der Waals surface area (Å²) in [5, 5.41) is 2.15. The molecule has 1 N–H and O–H groups in total. The molecule has 168 valence electrons. The molecule has 0 aromatic heterocycles. The first-order chi connectivity index (χ1) is 15.2. The Morgan fingerprint density at radius 1 is 0.938 bits per heavy atom. The van der Waals surface area contributed by atoms with E-state index in [1.54, 1.807) is 36.4 Å². The van der Waals surface area contributed by atoms with Gasteiger partial charge in [-0.2, -0.15) is 0 Å². The van der Waals surface area contributed by atoms with Crippen LogP contribution in [0.2, 0.25) is 5.02 Å². The zero-order valence-electron chi connectivity index (χ0n) is 17.9. The lowest BCUT2D eigenvalue weighted by atomic mass is 9.97. The van der Waals surface area contributed by atoms with Gasteiger partial charge in [-0.3, -0.25) is 9.59 Å². The Hall–Kier alpha value is -2.90. The van der Waals surface area contributed by atoms with Gasteiger partial charge in [-0.1, -0.05) is 54.1 Å². The number of fused-ring (bicyclic) bond motifs is 1.